The molecule has 0 aliphatic carbocycles. The van der Waals surface area contributed by atoms with E-state index >= 15 is 0 Å². The minimum absolute atomic E-state index is 0.246. The van der Waals surface area contributed by atoms with Crippen LogP contribution in [0.1, 0.15) is 33.3 Å². The number of phenols is 1. The van der Waals surface area contributed by atoms with Gasteiger partial charge in [-0.2, -0.15) is 0 Å². The fourth-order valence-corrected chi connectivity index (χ4v) is 1.21. The summed E-state index contributed by atoms with van der Waals surface area (Å²) in [4.78, 5) is 9.82. The maximum Gasteiger partial charge on any atom is 0.314 e. The molecule has 0 heterocycles. The average molecular weight is 292 g/mol. The second-order valence-corrected chi connectivity index (χ2v) is 3.17. The summed E-state index contributed by atoms with van der Waals surface area (Å²) >= 11 is 2.99. The van der Waals surface area contributed by atoms with Gasteiger partial charge in [-0.1, -0.05) is 33.8 Å². The zero-order valence-corrected chi connectivity index (χ0v) is 11.8. The van der Waals surface area contributed by atoms with Crippen molar-refractivity contribution < 1.29 is 10.0 Å². The first-order chi connectivity index (χ1) is 7.54. The Labute approximate surface area is 105 Å². The number of phenolic OH excluding ortho intramolecular Hbond substituents is 1. The summed E-state index contributed by atoms with van der Waals surface area (Å²) in [5.41, 5.74) is 0.199. The maximum atomic E-state index is 10.4. The van der Waals surface area contributed by atoms with Crippen LogP contribution in [0.4, 0.5) is 5.69 Å². The van der Waals surface area contributed by atoms with Gasteiger partial charge in [0, 0.05) is 5.56 Å². The van der Waals surface area contributed by atoms with Gasteiger partial charge in [-0.25, -0.2) is 0 Å². The zero-order valence-electron chi connectivity index (χ0n) is 10.2. The molecule has 0 fully saturated rings. The monoisotopic (exact) mass is 291 g/mol. The van der Waals surface area contributed by atoms with Crippen molar-refractivity contribution in [3.05, 3.63) is 32.3 Å². The van der Waals surface area contributed by atoms with Crippen LogP contribution in [0.3, 0.4) is 0 Å². The molecule has 0 aliphatic rings. The largest absolute Gasteiger partial charge is 0.501 e. The van der Waals surface area contributed by atoms with Crippen LogP contribution in [0.15, 0.2) is 16.6 Å². The summed E-state index contributed by atoms with van der Waals surface area (Å²) in [6.45, 7) is 9.57. The number of rotatable bonds is 1. The molecular formula is C11H18BrNO3. The van der Waals surface area contributed by atoms with E-state index in [0.717, 1.165) is 0 Å². The molecule has 0 unspecified atom stereocenters. The molecule has 0 saturated heterocycles. The van der Waals surface area contributed by atoms with Gasteiger partial charge in [0.05, 0.1) is 9.40 Å². The van der Waals surface area contributed by atoms with E-state index in [9.17, 15) is 15.2 Å². The number of nitro benzene ring substituents is 1. The Morgan fingerprint density at radius 2 is 1.69 bits per heavy atom. The lowest BCUT2D eigenvalue weighted by molar-refractivity contribution is -0.386. The van der Waals surface area contributed by atoms with E-state index in [-0.39, 0.29) is 11.4 Å². The van der Waals surface area contributed by atoms with Crippen molar-refractivity contribution in [2.75, 3.05) is 0 Å². The molecule has 0 spiro atoms. The van der Waals surface area contributed by atoms with Crippen LogP contribution in [-0.2, 0) is 0 Å². The summed E-state index contributed by atoms with van der Waals surface area (Å²) in [5.74, 6) is -0.319. The van der Waals surface area contributed by atoms with Gasteiger partial charge in [-0.3, -0.25) is 10.1 Å². The Bertz CT molecular complexity index is 340. The third-order valence-corrected chi connectivity index (χ3v) is 2.13. The highest BCUT2D eigenvalue weighted by Gasteiger charge is 2.18. The van der Waals surface area contributed by atoms with Gasteiger partial charge in [0.2, 0.25) is 5.75 Å². The molecule has 1 rings (SSSR count). The topological polar surface area (TPSA) is 63.4 Å². The minimum Gasteiger partial charge on any atom is -0.501 e. The summed E-state index contributed by atoms with van der Waals surface area (Å²) in [7, 11) is 0. The molecule has 0 radical (unpaired) electrons. The van der Waals surface area contributed by atoms with E-state index in [2.05, 4.69) is 15.9 Å². The maximum absolute atomic E-state index is 10.4. The van der Waals surface area contributed by atoms with Crippen molar-refractivity contribution in [1.29, 1.82) is 0 Å². The molecule has 1 aromatic carbocycles. The molecule has 0 atom stereocenters. The molecule has 1 aromatic rings. The molecule has 5 heteroatoms. The fourth-order valence-electron chi connectivity index (χ4n) is 0.886. The van der Waals surface area contributed by atoms with Crippen LogP contribution in [0.25, 0.3) is 0 Å². The second-order valence-electron chi connectivity index (χ2n) is 2.32. The second kappa shape index (κ2) is 9.15. The van der Waals surface area contributed by atoms with Gasteiger partial charge in [0.15, 0.2) is 0 Å². The highest BCUT2D eigenvalue weighted by atomic mass is 79.9. The molecule has 0 aliphatic heterocycles. The number of aryl methyl sites for hydroxylation is 1. The van der Waals surface area contributed by atoms with Crippen molar-refractivity contribution in [2.24, 2.45) is 0 Å². The number of nitrogens with zero attached hydrogens (tertiary/aromatic N) is 1. The first-order valence-corrected chi connectivity index (χ1v) is 5.96. The summed E-state index contributed by atoms with van der Waals surface area (Å²) in [5, 5.41) is 19.7. The van der Waals surface area contributed by atoms with Crippen molar-refractivity contribution >= 4 is 21.6 Å². The standard InChI is InChI=1S/C7H6BrNO3.2C2H6/c1-4-2-3-5(8)7(10)6(4)9(11)12;2*1-2/h2-3,10H,1H3;2*1-2H3. The van der Waals surface area contributed by atoms with E-state index < -0.39 is 4.92 Å². The van der Waals surface area contributed by atoms with Crippen LogP contribution in [0.2, 0.25) is 0 Å². The first-order valence-electron chi connectivity index (χ1n) is 5.16. The smallest absolute Gasteiger partial charge is 0.314 e. The molecule has 4 nitrogen and oxygen atoms in total. The highest BCUT2D eigenvalue weighted by Crippen LogP contribution is 2.35. The number of hydrogen-bond donors (Lipinski definition) is 1. The summed E-state index contributed by atoms with van der Waals surface area (Å²) in [6.07, 6.45) is 0. The summed E-state index contributed by atoms with van der Waals surface area (Å²) in [6, 6.07) is 3.14. The van der Waals surface area contributed by atoms with E-state index in [4.69, 9.17) is 0 Å². The van der Waals surface area contributed by atoms with Crippen LogP contribution < -0.4 is 0 Å². The van der Waals surface area contributed by atoms with Gasteiger partial charge in [-0.05, 0) is 28.9 Å². The number of halogens is 1. The minimum atomic E-state index is -0.602. The summed E-state index contributed by atoms with van der Waals surface area (Å²) < 4.78 is 0.333. The molecular weight excluding hydrogens is 274 g/mol. The third-order valence-electron chi connectivity index (χ3n) is 1.49. The molecule has 0 aromatic heterocycles. The lowest BCUT2D eigenvalue weighted by Crippen LogP contribution is -1.92. The average Bonchev–Trinajstić information content (AvgIpc) is 2.29. The highest BCUT2D eigenvalue weighted by molar-refractivity contribution is 9.10. The Balaban J connectivity index is 0. The van der Waals surface area contributed by atoms with E-state index in [1.54, 1.807) is 19.1 Å². The van der Waals surface area contributed by atoms with Gasteiger partial charge in [-0.15, -0.1) is 0 Å². The van der Waals surface area contributed by atoms with Crippen LogP contribution >= 0.6 is 15.9 Å². The molecule has 0 bridgehead atoms. The normalized spacial score (nSPS) is 8.12. The number of hydrogen-bond acceptors (Lipinski definition) is 3. The molecule has 16 heavy (non-hydrogen) atoms. The number of nitro groups is 1. The third kappa shape index (κ3) is 4.61. The molecule has 0 saturated carbocycles. The Kier molecular flexibility index (Phi) is 9.89. The molecule has 1 N–H and O–H groups in total. The van der Waals surface area contributed by atoms with E-state index in [1.807, 2.05) is 27.7 Å². The van der Waals surface area contributed by atoms with Crippen molar-refractivity contribution in [2.45, 2.75) is 34.6 Å². The van der Waals surface area contributed by atoms with Gasteiger partial charge in [0.25, 0.3) is 0 Å². The van der Waals surface area contributed by atoms with Crippen molar-refractivity contribution in [3.63, 3.8) is 0 Å². The Morgan fingerprint density at radius 3 is 2.00 bits per heavy atom. The Morgan fingerprint density at radius 1 is 1.25 bits per heavy atom. The van der Waals surface area contributed by atoms with Crippen LogP contribution in [0, 0.1) is 17.0 Å². The number of benzene rings is 1. The van der Waals surface area contributed by atoms with E-state index in [1.165, 1.54) is 0 Å². The number of aromatic hydroxyl groups is 1. The van der Waals surface area contributed by atoms with Crippen molar-refractivity contribution in [1.82, 2.24) is 0 Å². The van der Waals surface area contributed by atoms with Crippen LogP contribution in [-0.4, -0.2) is 10.0 Å². The predicted octanol–water partition coefficient (Wildman–Crippen LogP) is 4.42. The SMILES string of the molecule is CC.CC.Cc1ccc(Br)c(O)c1[N+](=O)[O-]. The quantitative estimate of drug-likeness (QED) is 0.615. The fraction of sp³-hybridized carbons (Fsp3) is 0.455. The van der Waals surface area contributed by atoms with Gasteiger partial charge < -0.3 is 5.11 Å². The predicted molar refractivity (Wildman–Crippen MR) is 69.9 cm³/mol. The van der Waals surface area contributed by atoms with Gasteiger partial charge >= 0.3 is 5.69 Å². The van der Waals surface area contributed by atoms with Crippen molar-refractivity contribution in [3.8, 4) is 5.75 Å². The molecule has 92 valence electrons. The molecule has 0 amide bonds. The van der Waals surface area contributed by atoms with Gasteiger partial charge in [0.1, 0.15) is 0 Å². The lowest BCUT2D eigenvalue weighted by atomic mass is 10.2. The van der Waals surface area contributed by atoms with E-state index in [0.29, 0.717) is 10.0 Å². The first kappa shape index (κ1) is 17.3. The van der Waals surface area contributed by atoms with Crippen LogP contribution in [0.5, 0.6) is 5.75 Å². The zero-order chi connectivity index (χ0) is 13.3. The lowest BCUT2D eigenvalue weighted by Gasteiger charge is -2.00. The Hall–Kier alpha value is -1.10.